The molecule has 2 amide bonds. The first-order valence-electron chi connectivity index (χ1n) is 15.0. The third-order valence-electron chi connectivity index (χ3n) is 8.81. The van der Waals surface area contributed by atoms with E-state index in [1.165, 1.54) is 7.11 Å². The number of hydrogen-bond acceptors (Lipinski definition) is 6. The second kappa shape index (κ2) is 14.8. The summed E-state index contributed by atoms with van der Waals surface area (Å²) in [6.45, 7) is 11.6. The summed E-state index contributed by atoms with van der Waals surface area (Å²) in [5.41, 5.74) is 7.59. The summed E-state index contributed by atoms with van der Waals surface area (Å²) in [6, 6.07) is 16.3. The number of piperidine rings is 1. The first kappa shape index (κ1) is 34.8. The number of halogens is 1. The summed E-state index contributed by atoms with van der Waals surface area (Å²) >= 11 is 6.15. The van der Waals surface area contributed by atoms with Crippen LogP contribution in [0.25, 0.3) is 0 Å². The minimum atomic E-state index is -2.10. The van der Waals surface area contributed by atoms with Gasteiger partial charge in [-0.05, 0) is 67.1 Å². The van der Waals surface area contributed by atoms with Gasteiger partial charge in [0.2, 0.25) is 11.8 Å². The van der Waals surface area contributed by atoms with E-state index in [4.69, 9.17) is 26.5 Å². The second-order valence-corrected chi connectivity index (χ2v) is 18.5. The van der Waals surface area contributed by atoms with E-state index in [2.05, 4.69) is 39.2 Å². The zero-order chi connectivity index (χ0) is 31.8. The lowest BCUT2D eigenvalue weighted by Gasteiger charge is -2.45. The van der Waals surface area contributed by atoms with E-state index in [1.807, 2.05) is 54.6 Å². The Bertz CT molecular complexity index is 1240. The van der Waals surface area contributed by atoms with Gasteiger partial charge in [-0.15, -0.1) is 0 Å². The quantitative estimate of drug-likeness (QED) is 0.249. The third kappa shape index (κ3) is 9.89. The van der Waals surface area contributed by atoms with Crippen LogP contribution in [0.1, 0.15) is 51.2 Å². The Morgan fingerprint density at radius 1 is 1.07 bits per heavy atom. The number of methoxy groups -OCH3 is 1. The summed E-state index contributed by atoms with van der Waals surface area (Å²) in [5, 5.41) is 3.86. The van der Waals surface area contributed by atoms with Crippen molar-refractivity contribution in [1.82, 2.24) is 10.2 Å². The number of carbonyl (C=O) groups excluding carboxylic acids is 3. The molecule has 2 aromatic rings. The SMILES string of the molecule is COC(=O)C[C@@H](Cc1ccccc1)C(=O)N1CCC[C@](Cc2ccc(Cl)cc2)(NC(=O)[C@@H](N)CO[Si](C)(C)C(C)(C)C)C1. The molecule has 2 aromatic carbocycles. The van der Waals surface area contributed by atoms with Gasteiger partial charge in [-0.1, -0.05) is 74.8 Å². The second-order valence-electron chi connectivity index (χ2n) is 13.3. The molecule has 1 saturated heterocycles. The lowest BCUT2D eigenvalue weighted by molar-refractivity contribution is -0.148. The molecule has 0 aromatic heterocycles. The first-order valence-corrected chi connectivity index (χ1v) is 18.3. The predicted molar refractivity (Wildman–Crippen MR) is 173 cm³/mol. The van der Waals surface area contributed by atoms with Crippen LogP contribution in [0.2, 0.25) is 23.2 Å². The Balaban J connectivity index is 1.84. The Kier molecular flexibility index (Phi) is 12.0. The van der Waals surface area contributed by atoms with Gasteiger partial charge in [0.1, 0.15) is 6.04 Å². The maximum Gasteiger partial charge on any atom is 0.306 e. The molecule has 0 aliphatic carbocycles. The number of rotatable bonds is 12. The standard InChI is InChI=1S/C33H48ClN3O5Si/c1-32(2,3)43(5,6)42-22-28(35)30(39)36-33(21-25-13-15-27(34)16-14-25)17-10-18-37(23-33)31(40)26(20-29(38)41-4)19-24-11-8-7-9-12-24/h7-9,11-16,26,28H,10,17-23,35H2,1-6H3,(H,36,39)/t26-,28+,33-/m1/s1. The van der Waals surface area contributed by atoms with Crippen molar-refractivity contribution in [3.8, 4) is 0 Å². The molecule has 1 aliphatic rings. The van der Waals surface area contributed by atoms with Gasteiger partial charge >= 0.3 is 5.97 Å². The lowest BCUT2D eigenvalue weighted by Crippen LogP contribution is -2.64. The number of nitrogens with one attached hydrogen (secondary N) is 1. The Hall–Kier alpha value is -2.72. The van der Waals surface area contributed by atoms with E-state index in [9.17, 15) is 14.4 Å². The third-order valence-corrected chi connectivity index (χ3v) is 13.6. The highest BCUT2D eigenvalue weighted by Gasteiger charge is 2.42. The molecule has 8 nitrogen and oxygen atoms in total. The van der Waals surface area contributed by atoms with Crippen LogP contribution >= 0.6 is 11.6 Å². The molecule has 236 valence electrons. The van der Waals surface area contributed by atoms with Crippen molar-refractivity contribution >= 4 is 37.7 Å². The molecule has 3 N–H and O–H groups in total. The fraction of sp³-hybridized carbons (Fsp3) is 0.545. The minimum absolute atomic E-state index is 0.0102. The Morgan fingerprint density at radius 3 is 2.33 bits per heavy atom. The molecule has 1 heterocycles. The van der Waals surface area contributed by atoms with E-state index in [-0.39, 0.29) is 29.9 Å². The van der Waals surface area contributed by atoms with Crippen LogP contribution in [-0.2, 0) is 36.4 Å². The number of hydrogen-bond donors (Lipinski definition) is 2. The lowest BCUT2D eigenvalue weighted by atomic mass is 9.82. The maximum absolute atomic E-state index is 14.0. The number of nitrogens with zero attached hydrogens (tertiary/aromatic N) is 1. The molecule has 3 atom stereocenters. The average Bonchev–Trinajstić information content (AvgIpc) is 2.96. The van der Waals surface area contributed by atoms with Gasteiger partial charge in [-0.3, -0.25) is 14.4 Å². The molecule has 0 saturated carbocycles. The van der Waals surface area contributed by atoms with Crippen LogP contribution in [0.5, 0.6) is 0 Å². The zero-order valence-corrected chi connectivity index (χ0v) is 28.2. The van der Waals surface area contributed by atoms with Crippen LogP contribution in [0.15, 0.2) is 54.6 Å². The van der Waals surface area contributed by atoms with E-state index in [0.29, 0.717) is 43.8 Å². The van der Waals surface area contributed by atoms with Crippen molar-refractivity contribution in [3.05, 3.63) is 70.7 Å². The van der Waals surface area contributed by atoms with E-state index in [0.717, 1.165) is 11.1 Å². The number of benzene rings is 2. The molecule has 3 rings (SSSR count). The predicted octanol–water partition coefficient (Wildman–Crippen LogP) is 5.13. The first-order chi connectivity index (χ1) is 20.1. The molecule has 0 radical (unpaired) electrons. The van der Waals surface area contributed by atoms with Crippen molar-refractivity contribution in [1.29, 1.82) is 0 Å². The Labute approximate surface area is 262 Å². The summed E-state index contributed by atoms with van der Waals surface area (Å²) < 4.78 is 11.2. The van der Waals surface area contributed by atoms with Gasteiger partial charge in [-0.2, -0.15) is 0 Å². The highest BCUT2D eigenvalue weighted by atomic mass is 35.5. The van der Waals surface area contributed by atoms with Crippen LogP contribution in [0.3, 0.4) is 0 Å². The van der Waals surface area contributed by atoms with Crippen molar-refractivity contribution in [2.75, 3.05) is 26.8 Å². The van der Waals surface area contributed by atoms with Gasteiger partial charge in [0.15, 0.2) is 8.32 Å². The fourth-order valence-electron chi connectivity index (χ4n) is 5.24. The van der Waals surface area contributed by atoms with E-state index in [1.54, 1.807) is 4.90 Å². The van der Waals surface area contributed by atoms with Crippen LogP contribution in [-0.4, -0.2) is 69.4 Å². The number of ether oxygens (including phenoxy) is 1. The molecule has 10 heteroatoms. The van der Waals surface area contributed by atoms with Gasteiger partial charge in [-0.25, -0.2) is 0 Å². The molecule has 0 bridgehead atoms. The normalized spacial score (nSPS) is 18.9. The summed E-state index contributed by atoms with van der Waals surface area (Å²) in [5.74, 6) is -1.46. The number of likely N-dealkylation sites (tertiary alicyclic amines) is 1. The van der Waals surface area contributed by atoms with Crippen molar-refractivity contribution in [2.24, 2.45) is 11.7 Å². The van der Waals surface area contributed by atoms with Crippen molar-refractivity contribution < 1.29 is 23.5 Å². The highest BCUT2D eigenvalue weighted by molar-refractivity contribution is 6.74. The highest BCUT2D eigenvalue weighted by Crippen LogP contribution is 2.36. The summed E-state index contributed by atoms with van der Waals surface area (Å²) in [4.78, 5) is 41.7. The van der Waals surface area contributed by atoms with Crippen molar-refractivity contribution in [3.63, 3.8) is 0 Å². The molecule has 0 unspecified atom stereocenters. The van der Waals surface area contributed by atoms with E-state index >= 15 is 0 Å². The van der Waals surface area contributed by atoms with Gasteiger partial charge in [0.05, 0.1) is 31.6 Å². The molecular formula is C33H48ClN3O5Si. The zero-order valence-electron chi connectivity index (χ0n) is 26.5. The topological polar surface area (TPSA) is 111 Å². The van der Waals surface area contributed by atoms with Gasteiger partial charge in [0.25, 0.3) is 0 Å². The van der Waals surface area contributed by atoms with Gasteiger partial charge < -0.3 is 25.1 Å². The minimum Gasteiger partial charge on any atom is -0.469 e. The number of esters is 1. The molecule has 1 fully saturated rings. The maximum atomic E-state index is 14.0. The molecular weight excluding hydrogens is 582 g/mol. The number of carbonyl (C=O) groups is 3. The fourth-order valence-corrected chi connectivity index (χ4v) is 6.39. The summed E-state index contributed by atoms with van der Waals surface area (Å²) in [6.07, 6.45) is 2.24. The van der Waals surface area contributed by atoms with Gasteiger partial charge in [0, 0.05) is 18.1 Å². The van der Waals surface area contributed by atoms with Crippen LogP contribution < -0.4 is 11.1 Å². The monoisotopic (exact) mass is 629 g/mol. The summed E-state index contributed by atoms with van der Waals surface area (Å²) in [7, 11) is -0.770. The van der Waals surface area contributed by atoms with Crippen LogP contribution in [0, 0.1) is 5.92 Å². The molecule has 0 spiro atoms. The van der Waals surface area contributed by atoms with E-state index < -0.39 is 31.8 Å². The average molecular weight is 630 g/mol. The Morgan fingerprint density at radius 2 is 1.72 bits per heavy atom. The van der Waals surface area contributed by atoms with Crippen molar-refractivity contribution in [2.45, 2.75) is 82.6 Å². The van der Waals surface area contributed by atoms with Crippen LogP contribution in [0.4, 0.5) is 0 Å². The number of amides is 2. The smallest absolute Gasteiger partial charge is 0.306 e. The molecule has 43 heavy (non-hydrogen) atoms. The molecule has 1 aliphatic heterocycles. The number of nitrogens with two attached hydrogens (primary N) is 1. The largest absolute Gasteiger partial charge is 0.469 e.